The molecular weight excluding hydrogens is 270 g/mol. The molecule has 0 radical (unpaired) electrons. The highest BCUT2D eigenvalue weighted by Crippen LogP contribution is 2.22. The van der Waals surface area contributed by atoms with Crippen LogP contribution in [0.1, 0.15) is 23.7 Å². The number of hydrogen-bond donors (Lipinski definition) is 2. The lowest BCUT2D eigenvalue weighted by Crippen LogP contribution is -2.14. The number of primary sulfonamides is 1. The van der Waals surface area contributed by atoms with Gasteiger partial charge in [-0.2, -0.15) is 0 Å². The minimum Gasteiger partial charge on any atom is -0.492 e. The van der Waals surface area contributed by atoms with Crippen LogP contribution in [0, 0.1) is 11.8 Å². The zero-order chi connectivity index (χ0) is 14.5. The first kappa shape index (κ1) is 15.0. The molecule has 6 nitrogen and oxygen atoms in total. The molecule has 0 bridgehead atoms. The van der Waals surface area contributed by atoms with Gasteiger partial charge >= 0.3 is 5.97 Å². The van der Waals surface area contributed by atoms with Gasteiger partial charge in [0.2, 0.25) is 10.0 Å². The van der Waals surface area contributed by atoms with Gasteiger partial charge in [-0.05, 0) is 25.1 Å². The summed E-state index contributed by atoms with van der Waals surface area (Å²) in [6.07, 6.45) is 0.451. The van der Waals surface area contributed by atoms with E-state index >= 15 is 0 Å². The van der Waals surface area contributed by atoms with E-state index in [1.54, 1.807) is 6.92 Å². The number of carbonyl (C=O) groups is 1. The summed E-state index contributed by atoms with van der Waals surface area (Å²) in [6.45, 7) is 1.90. The molecule has 1 rings (SSSR count). The summed E-state index contributed by atoms with van der Waals surface area (Å²) in [5.74, 6) is 4.23. The third kappa shape index (κ3) is 4.28. The molecule has 0 atom stereocenters. The number of sulfonamides is 1. The van der Waals surface area contributed by atoms with Crippen molar-refractivity contribution in [3.63, 3.8) is 0 Å². The summed E-state index contributed by atoms with van der Waals surface area (Å²) in [5.41, 5.74) is -0.254. The highest BCUT2D eigenvalue weighted by Gasteiger charge is 2.16. The van der Waals surface area contributed by atoms with Gasteiger partial charge in [-0.15, -0.1) is 11.8 Å². The summed E-state index contributed by atoms with van der Waals surface area (Å²) >= 11 is 0. The van der Waals surface area contributed by atoms with Gasteiger partial charge in [0.1, 0.15) is 11.3 Å². The van der Waals surface area contributed by atoms with E-state index < -0.39 is 16.0 Å². The number of aromatic carboxylic acids is 1. The normalized spacial score (nSPS) is 10.4. The number of ether oxygens (including phenoxy) is 1. The third-order valence-corrected chi connectivity index (χ3v) is 3.08. The first-order valence-corrected chi connectivity index (χ1v) is 6.83. The van der Waals surface area contributed by atoms with Gasteiger partial charge in [-0.25, -0.2) is 18.4 Å². The van der Waals surface area contributed by atoms with Crippen LogP contribution in [0.2, 0.25) is 0 Å². The van der Waals surface area contributed by atoms with Gasteiger partial charge in [0.05, 0.1) is 11.5 Å². The average molecular weight is 283 g/mol. The fraction of sp³-hybridized carbons (Fsp3) is 0.250. The maximum absolute atomic E-state index is 11.1. The number of carboxylic acid groups (broad SMARTS) is 1. The van der Waals surface area contributed by atoms with E-state index in [9.17, 15) is 13.2 Å². The van der Waals surface area contributed by atoms with Crippen molar-refractivity contribution in [1.82, 2.24) is 0 Å². The van der Waals surface area contributed by atoms with E-state index in [0.29, 0.717) is 6.42 Å². The van der Waals surface area contributed by atoms with Gasteiger partial charge in [0.25, 0.3) is 0 Å². The number of hydrogen-bond acceptors (Lipinski definition) is 4. The van der Waals surface area contributed by atoms with Crippen molar-refractivity contribution in [1.29, 1.82) is 0 Å². The van der Waals surface area contributed by atoms with Crippen molar-refractivity contribution < 1.29 is 23.1 Å². The molecular formula is C12H13NO5S. The Bertz CT molecular complexity index is 640. The summed E-state index contributed by atoms with van der Waals surface area (Å²) in [6, 6.07) is 3.43. The summed E-state index contributed by atoms with van der Waals surface area (Å²) in [5, 5.41) is 14.0. The van der Waals surface area contributed by atoms with Crippen molar-refractivity contribution in [2.45, 2.75) is 18.2 Å². The second-order valence-electron chi connectivity index (χ2n) is 3.53. The molecule has 0 amide bonds. The Balaban J connectivity index is 3.04. The highest BCUT2D eigenvalue weighted by molar-refractivity contribution is 7.89. The first-order chi connectivity index (χ1) is 8.86. The van der Waals surface area contributed by atoms with E-state index in [1.165, 1.54) is 12.1 Å². The Morgan fingerprint density at radius 2 is 2.16 bits per heavy atom. The molecule has 1 aromatic carbocycles. The molecule has 19 heavy (non-hydrogen) atoms. The fourth-order valence-corrected chi connectivity index (χ4v) is 1.86. The highest BCUT2D eigenvalue weighted by atomic mass is 32.2. The zero-order valence-corrected chi connectivity index (χ0v) is 11.0. The van der Waals surface area contributed by atoms with Crippen LogP contribution in [-0.4, -0.2) is 26.1 Å². The SMILES string of the molecule is CC#CCCOc1ccc(S(N)(=O)=O)cc1C(=O)O. The largest absolute Gasteiger partial charge is 0.492 e. The minimum atomic E-state index is -3.95. The summed E-state index contributed by atoms with van der Waals surface area (Å²) in [7, 11) is -3.95. The molecule has 0 unspecified atom stereocenters. The van der Waals surface area contributed by atoms with Crippen LogP contribution in [0.3, 0.4) is 0 Å². The van der Waals surface area contributed by atoms with Crippen LogP contribution in [-0.2, 0) is 10.0 Å². The quantitative estimate of drug-likeness (QED) is 0.614. The Labute approximate surface area is 111 Å². The lowest BCUT2D eigenvalue weighted by atomic mass is 10.2. The van der Waals surface area contributed by atoms with Gasteiger partial charge < -0.3 is 9.84 Å². The second-order valence-corrected chi connectivity index (χ2v) is 5.09. The van der Waals surface area contributed by atoms with Crippen LogP contribution in [0.4, 0.5) is 0 Å². The molecule has 0 spiro atoms. The molecule has 7 heteroatoms. The van der Waals surface area contributed by atoms with E-state index in [4.69, 9.17) is 15.0 Å². The number of carboxylic acids is 1. The minimum absolute atomic E-state index is 0.0813. The molecule has 1 aromatic rings. The van der Waals surface area contributed by atoms with Crippen LogP contribution < -0.4 is 9.88 Å². The zero-order valence-electron chi connectivity index (χ0n) is 10.2. The number of benzene rings is 1. The summed E-state index contributed by atoms with van der Waals surface area (Å²) in [4.78, 5) is 10.8. The topological polar surface area (TPSA) is 107 Å². The monoisotopic (exact) mass is 283 g/mol. The van der Waals surface area contributed by atoms with Crippen molar-refractivity contribution >= 4 is 16.0 Å². The van der Waals surface area contributed by atoms with Crippen LogP contribution in [0.15, 0.2) is 23.1 Å². The van der Waals surface area contributed by atoms with E-state index in [0.717, 1.165) is 6.07 Å². The van der Waals surface area contributed by atoms with Crippen LogP contribution in [0.25, 0.3) is 0 Å². The Hall–Kier alpha value is -2.04. The standard InChI is InChI=1S/C12H13NO5S/c1-2-3-4-7-18-11-6-5-9(19(13,16)17)8-10(11)12(14)15/h5-6,8H,4,7H2,1H3,(H,14,15)(H2,13,16,17). The predicted octanol–water partition coefficient (Wildman–Crippen LogP) is 0.824. The molecule has 0 aliphatic carbocycles. The summed E-state index contributed by atoms with van der Waals surface area (Å²) < 4.78 is 27.5. The van der Waals surface area contributed by atoms with Gasteiger partial charge in [-0.1, -0.05) is 0 Å². The van der Waals surface area contributed by atoms with Crippen LogP contribution >= 0.6 is 0 Å². The van der Waals surface area contributed by atoms with Crippen LogP contribution in [0.5, 0.6) is 5.75 Å². The van der Waals surface area contributed by atoms with E-state index in [1.807, 2.05) is 0 Å². The Morgan fingerprint density at radius 1 is 1.47 bits per heavy atom. The second kappa shape index (κ2) is 6.22. The molecule has 3 N–H and O–H groups in total. The fourth-order valence-electron chi connectivity index (χ4n) is 1.32. The lowest BCUT2D eigenvalue weighted by molar-refractivity contribution is 0.0692. The molecule has 0 saturated heterocycles. The van der Waals surface area contributed by atoms with Gasteiger partial charge in [0.15, 0.2) is 0 Å². The molecule has 0 aliphatic rings. The van der Waals surface area contributed by atoms with Crippen molar-refractivity contribution in [2.75, 3.05) is 6.61 Å². The van der Waals surface area contributed by atoms with Crippen molar-refractivity contribution in [3.8, 4) is 17.6 Å². The third-order valence-electron chi connectivity index (χ3n) is 2.17. The smallest absolute Gasteiger partial charge is 0.339 e. The van der Waals surface area contributed by atoms with E-state index in [2.05, 4.69) is 11.8 Å². The molecule has 0 saturated carbocycles. The predicted molar refractivity (Wildman–Crippen MR) is 68.3 cm³/mol. The Morgan fingerprint density at radius 3 is 2.68 bits per heavy atom. The maximum atomic E-state index is 11.1. The van der Waals surface area contributed by atoms with Gasteiger partial charge in [-0.3, -0.25) is 0 Å². The molecule has 0 fully saturated rings. The molecule has 0 heterocycles. The van der Waals surface area contributed by atoms with E-state index in [-0.39, 0.29) is 22.8 Å². The molecule has 102 valence electrons. The van der Waals surface area contributed by atoms with Crippen molar-refractivity contribution in [3.05, 3.63) is 23.8 Å². The number of rotatable bonds is 5. The molecule has 0 aromatic heterocycles. The van der Waals surface area contributed by atoms with Gasteiger partial charge in [0, 0.05) is 6.42 Å². The lowest BCUT2D eigenvalue weighted by Gasteiger charge is -2.09. The number of nitrogens with two attached hydrogens (primary N) is 1. The Kier molecular flexibility index (Phi) is 4.92. The molecule has 0 aliphatic heterocycles. The maximum Gasteiger partial charge on any atom is 0.339 e. The first-order valence-electron chi connectivity index (χ1n) is 5.29. The van der Waals surface area contributed by atoms with Crippen molar-refractivity contribution in [2.24, 2.45) is 5.14 Å². The average Bonchev–Trinajstić information content (AvgIpc) is 2.33.